The van der Waals surface area contributed by atoms with Crippen LogP contribution in [0.3, 0.4) is 0 Å². The lowest BCUT2D eigenvalue weighted by Gasteiger charge is -2.09. The van der Waals surface area contributed by atoms with Crippen LogP contribution < -0.4 is 10.1 Å². The second-order valence-corrected chi connectivity index (χ2v) is 8.10. The second kappa shape index (κ2) is 9.61. The van der Waals surface area contributed by atoms with Crippen molar-refractivity contribution in [2.24, 2.45) is 0 Å². The van der Waals surface area contributed by atoms with Crippen molar-refractivity contribution >= 4 is 29.1 Å². The zero-order valence-electron chi connectivity index (χ0n) is 17.4. The lowest BCUT2D eigenvalue weighted by atomic mass is 10.1. The van der Waals surface area contributed by atoms with Gasteiger partial charge >= 0.3 is 0 Å². The first kappa shape index (κ1) is 20.9. The number of ether oxygens (including phenoxy) is 1. The van der Waals surface area contributed by atoms with Crippen molar-refractivity contribution in [3.05, 3.63) is 72.2 Å². The molecular formula is C23H23N5O2S. The van der Waals surface area contributed by atoms with E-state index in [2.05, 4.69) is 33.4 Å². The molecule has 0 aliphatic heterocycles. The number of fused-ring (bicyclic) bond motifs is 1. The number of aryl methyl sites for hydroxylation is 1. The van der Waals surface area contributed by atoms with Gasteiger partial charge in [0.15, 0.2) is 0 Å². The van der Waals surface area contributed by atoms with Crippen LogP contribution in [-0.2, 0) is 17.6 Å². The third kappa shape index (κ3) is 5.21. The van der Waals surface area contributed by atoms with E-state index in [-0.39, 0.29) is 5.91 Å². The Balaban J connectivity index is 1.42. The SMILES string of the molecule is CCCc1cc(Sc2ccc(NC(=O)Cc3ccc(OC)cc3)cc2)n2ncnc2n1. The Morgan fingerprint density at radius 3 is 2.61 bits per heavy atom. The highest BCUT2D eigenvalue weighted by Crippen LogP contribution is 2.29. The molecule has 0 spiro atoms. The molecule has 0 radical (unpaired) electrons. The Hall–Kier alpha value is -3.39. The van der Waals surface area contributed by atoms with Crippen molar-refractivity contribution in [3.8, 4) is 5.75 Å². The summed E-state index contributed by atoms with van der Waals surface area (Å²) in [7, 11) is 1.62. The van der Waals surface area contributed by atoms with Gasteiger partial charge in [-0.15, -0.1) is 0 Å². The fourth-order valence-corrected chi connectivity index (χ4v) is 4.07. The number of rotatable bonds is 8. The van der Waals surface area contributed by atoms with Gasteiger partial charge in [-0.2, -0.15) is 14.6 Å². The van der Waals surface area contributed by atoms with Gasteiger partial charge in [0.2, 0.25) is 5.91 Å². The number of amides is 1. The minimum atomic E-state index is -0.0618. The third-order valence-electron chi connectivity index (χ3n) is 4.66. The van der Waals surface area contributed by atoms with Gasteiger partial charge in [-0.05, 0) is 54.4 Å². The molecule has 0 bridgehead atoms. The van der Waals surface area contributed by atoms with Crippen LogP contribution in [0.25, 0.3) is 5.78 Å². The van der Waals surface area contributed by atoms with Gasteiger partial charge in [-0.3, -0.25) is 4.79 Å². The number of aromatic nitrogens is 4. The highest BCUT2D eigenvalue weighted by Gasteiger charge is 2.10. The van der Waals surface area contributed by atoms with E-state index in [1.807, 2.05) is 48.5 Å². The van der Waals surface area contributed by atoms with E-state index in [9.17, 15) is 4.79 Å². The normalized spacial score (nSPS) is 10.9. The molecule has 158 valence electrons. The average Bonchev–Trinajstić information content (AvgIpc) is 3.25. The van der Waals surface area contributed by atoms with E-state index < -0.39 is 0 Å². The van der Waals surface area contributed by atoms with Crippen LogP contribution in [-0.4, -0.2) is 32.6 Å². The Labute approximate surface area is 184 Å². The average molecular weight is 434 g/mol. The molecule has 31 heavy (non-hydrogen) atoms. The quantitative estimate of drug-likeness (QED) is 0.414. The number of nitrogens with zero attached hydrogens (tertiary/aromatic N) is 4. The fourth-order valence-electron chi connectivity index (χ4n) is 3.15. The van der Waals surface area contributed by atoms with Gasteiger partial charge in [0.05, 0.1) is 13.5 Å². The van der Waals surface area contributed by atoms with Gasteiger partial charge in [0, 0.05) is 16.3 Å². The first-order valence-electron chi connectivity index (χ1n) is 10.0. The highest BCUT2D eigenvalue weighted by molar-refractivity contribution is 7.99. The Morgan fingerprint density at radius 1 is 1.13 bits per heavy atom. The number of anilines is 1. The lowest BCUT2D eigenvalue weighted by Crippen LogP contribution is -2.14. The predicted molar refractivity (Wildman–Crippen MR) is 121 cm³/mol. The summed E-state index contributed by atoms with van der Waals surface area (Å²) < 4.78 is 6.89. The maximum Gasteiger partial charge on any atom is 0.253 e. The maximum absolute atomic E-state index is 12.4. The van der Waals surface area contributed by atoms with Crippen molar-refractivity contribution in [3.63, 3.8) is 0 Å². The van der Waals surface area contributed by atoms with Gasteiger partial charge in [0.25, 0.3) is 5.78 Å². The van der Waals surface area contributed by atoms with Crippen molar-refractivity contribution in [1.82, 2.24) is 19.6 Å². The monoisotopic (exact) mass is 433 g/mol. The summed E-state index contributed by atoms with van der Waals surface area (Å²) in [5.74, 6) is 1.32. The maximum atomic E-state index is 12.4. The Bertz CT molecular complexity index is 1170. The van der Waals surface area contributed by atoms with Crippen LogP contribution in [0.15, 0.2) is 70.8 Å². The zero-order valence-corrected chi connectivity index (χ0v) is 18.2. The van der Waals surface area contributed by atoms with Gasteiger partial charge in [0.1, 0.15) is 17.1 Å². The molecule has 0 atom stereocenters. The second-order valence-electron chi connectivity index (χ2n) is 7.01. The highest BCUT2D eigenvalue weighted by atomic mass is 32.2. The van der Waals surface area contributed by atoms with E-state index in [4.69, 9.17) is 4.74 Å². The smallest absolute Gasteiger partial charge is 0.253 e. The number of benzene rings is 2. The van der Waals surface area contributed by atoms with Crippen LogP contribution >= 0.6 is 11.8 Å². The molecule has 2 heterocycles. The number of hydrogen-bond donors (Lipinski definition) is 1. The van der Waals surface area contributed by atoms with Crippen molar-refractivity contribution < 1.29 is 9.53 Å². The Morgan fingerprint density at radius 2 is 1.90 bits per heavy atom. The minimum absolute atomic E-state index is 0.0618. The van der Waals surface area contributed by atoms with E-state index >= 15 is 0 Å². The molecule has 0 unspecified atom stereocenters. The van der Waals surface area contributed by atoms with E-state index in [1.165, 1.54) is 6.33 Å². The molecule has 0 aliphatic carbocycles. The molecule has 0 saturated heterocycles. The number of carbonyl (C=O) groups excluding carboxylic acids is 1. The molecule has 1 amide bonds. The number of carbonyl (C=O) groups is 1. The summed E-state index contributed by atoms with van der Waals surface area (Å²) in [4.78, 5) is 22.2. The number of nitrogens with one attached hydrogen (secondary N) is 1. The molecule has 4 aromatic rings. The molecule has 7 nitrogen and oxygen atoms in total. The van der Waals surface area contributed by atoms with Crippen molar-refractivity contribution in [2.75, 3.05) is 12.4 Å². The minimum Gasteiger partial charge on any atom is -0.497 e. The Kier molecular flexibility index (Phi) is 6.47. The zero-order chi connectivity index (χ0) is 21.6. The number of methoxy groups -OCH3 is 1. The lowest BCUT2D eigenvalue weighted by molar-refractivity contribution is -0.115. The first-order chi connectivity index (χ1) is 15.1. The molecule has 0 saturated carbocycles. The molecule has 4 rings (SSSR count). The third-order valence-corrected chi connectivity index (χ3v) is 5.67. The van der Waals surface area contributed by atoms with Crippen LogP contribution in [0.4, 0.5) is 5.69 Å². The van der Waals surface area contributed by atoms with Crippen LogP contribution in [0.5, 0.6) is 5.75 Å². The van der Waals surface area contributed by atoms with Gasteiger partial charge < -0.3 is 10.1 Å². The molecule has 1 N–H and O–H groups in total. The summed E-state index contributed by atoms with van der Waals surface area (Å²) in [6, 6.07) is 17.3. The summed E-state index contributed by atoms with van der Waals surface area (Å²) >= 11 is 1.59. The molecular weight excluding hydrogens is 410 g/mol. The first-order valence-corrected chi connectivity index (χ1v) is 10.9. The predicted octanol–water partition coefficient (Wildman–Crippen LogP) is 4.42. The largest absolute Gasteiger partial charge is 0.497 e. The summed E-state index contributed by atoms with van der Waals surface area (Å²) in [6.07, 6.45) is 3.74. The van der Waals surface area contributed by atoms with E-state index in [0.717, 1.165) is 45.5 Å². The van der Waals surface area contributed by atoms with Crippen molar-refractivity contribution in [1.29, 1.82) is 0 Å². The molecule has 0 fully saturated rings. The van der Waals surface area contributed by atoms with Gasteiger partial charge in [-0.1, -0.05) is 37.2 Å². The van der Waals surface area contributed by atoms with Crippen LogP contribution in [0.1, 0.15) is 24.6 Å². The van der Waals surface area contributed by atoms with Gasteiger partial charge in [-0.25, -0.2) is 4.98 Å². The summed E-state index contributed by atoms with van der Waals surface area (Å²) in [5.41, 5.74) is 2.70. The summed E-state index contributed by atoms with van der Waals surface area (Å²) in [5, 5.41) is 8.19. The fraction of sp³-hybridized carbons (Fsp3) is 0.217. The molecule has 2 aromatic heterocycles. The molecule has 2 aromatic carbocycles. The van der Waals surface area contributed by atoms with Crippen molar-refractivity contribution in [2.45, 2.75) is 36.1 Å². The topological polar surface area (TPSA) is 81.4 Å². The summed E-state index contributed by atoms with van der Waals surface area (Å²) in [6.45, 7) is 2.13. The van der Waals surface area contributed by atoms with E-state index in [0.29, 0.717) is 12.2 Å². The molecule has 8 heteroatoms. The number of hydrogen-bond acceptors (Lipinski definition) is 6. The standard InChI is InChI=1S/C23H23N5O2S/c1-3-4-18-14-22(28-23(27-18)24-15-25-28)31-20-11-7-17(8-12-20)26-21(29)13-16-5-9-19(30-2)10-6-16/h5-12,14-15H,3-4,13H2,1-2H3,(H,26,29). The van der Waals surface area contributed by atoms with Crippen LogP contribution in [0.2, 0.25) is 0 Å². The van der Waals surface area contributed by atoms with E-state index in [1.54, 1.807) is 23.4 Å². The molecule has 0 aliphatic rings. The van der Waals surface area contributed by atoms with Crippen LogP contribution in [0, 0.1) is 0 Å².